The largest absolute Gasteiger partial charge is 0.460 e. The first-order chi connectivity index (χ1) is 16.0. The summed E-state index contributed by atoms with van der Waals surface area (Å²) in [6, 6.07) is 0. The maximum atomic E-state index is 12.0. The molecule has 0 aromatic carbocycles. The number of esters is 2. The molecule has 0 aromatic rings. The molecule has 2 rings (SSSR count). The minimum absolute atomic E-state index is 0.0584. The molecule has 0 radical (unpaired) electrons. The monoisotopic (exact) mass is 480 g/mol. The Labute approximate surface area is 202 Å². The van der Waals surface area contributed by atoms with Crippen molar-refractivity contribution in [2.24, 2.45) is 29.6 Å². The number of allylic oxidation sites excluding steroid dienone is 2. The molecule has 0 amide bonds. The van der Waals surface area contributed by atoms with E-state index in [9.17, 15) is 24.6 Å². The van der Waals surface area contributed by atoms with Gasteiger partial charge in [-0.15, -0.1) is 0 Å². The van der Waals surface area contributed by atoms with Crippen molar-refractivity contribution in [2.75, 3.05) is 7.11 Å². The van der Waals surface area contributed by atoms with E-state index in [4.69, 9.17) is 14.2 Å². The van der Waals surface area contributed by atoms with E-state index < -0.39 is 36.2 Å². The molecule has 0 aliphatic heterocycles. The van der Waals surface area contributed by atoms with Crippen molar-refractivity contribution in [3.05, 3.63) is 24.3 Å². The number of carbonyl (C=O) groups excluding carboxylic acids is 3. The number of ether oxygens (including phenoxy) is 3. The molecule has 8 heteroatoms. The van der Waals surface area contributed by atoms with Crippen LogP contribution in [0.25, 0.3) is 0 Å². The third-order valence-electron chi connectivity index (χ3n) is 6.70. The number of rotatable bonds is 9. The minimum atomic E-state index is -0.907. The predicted molar refractivity (Wildman–Crippen MR) is 126 cm³/mol. The summed E-state index contributed by atoms with van der Waals surface area (Å²) in [6.45, 7) is 7.10. The van der Waals surface area contributed by atoms with Crippen LogP contribution in [0.15, 0.2) is 24.3 Å². The van der Waals surface area contributed by atoms with Crippen LogP contribution in [0.2, 0.25) is 0 Å². The average Bonchev–Trinajstić information content (AvgIpc) is 2.76. The van der Waals surface area contributed by atoms with Gasteiger partial charge in [-0.25, -0.2) is 9.59 Å². The van der Waals surface area contributed by atoms with Crippen molar-refractivity contribution in [1.82, 2.24) is 0 Å². The van der Waals surface area contributed by atoms with E-state index in [2.05, 4.69) is 0 Å². The van der Waals surface area contributed by atoms with Crippen LogP contribution in [0.5, 0.6) is 0 Å². The van der Waals surface area contributed by atoms with E-state index in [-0.39, 0.29) is 35.9 Å². The zero-order valence-electron chi connectivity index (χ0n) is 20.8. The zero-order chi connectivity index (χ0) is 25.4. The molecule has 2 saturated carbocycles. The Morgan fingerprint density at radius 3 is 1.71 bits per heavy atom. The lowest BCUT2D eigenvalue weighted by molar-refractivity contribution is -0.142. The lowest BCUT2D eigenvalue weighted by atomic mass is 9.62. The SMILES string of the molecule is COC1CC(/C=C/C(=O)OC(C)C)CC(C2CC(/C=C/C(=O)OC(C)C)CC(C=O)C2O)C1O. The first-order valence-electron chi connectivity index (χ1n) is 12.2. The summed E-state index contributed by atoms with van der Waals surface area (Å²) in [5.41, 5.74) is 0. The van der Waals surface area contributed by atoms with E-state index in [1.54, 1.807) is 39.8 Å². The topological polar surface area (TPSA) is 119 Å². The number of hydrogen-bond acceptors (Lipinski definition) is 8. The Balaban J connectivity index is 2.20. The van der Waals surface area contributed by atoms with Crippen LogP contribution in [0.4, 0.5) is 0 Å². The lowest BCUT2D eigenvalue weighted by Crippen LogP contribution is -2.51. The number of aldehydes is 1. The van der Waals surface area contributed by atoms with Crippen LogP contribution in [-0.4, -0.2) is 66.1 Å². The van der Waals surface area contributed by atoms with Crippen LogP contribution in [0.3, 0.4) is 0 Å². The summed E-state index contributed by atoms with van der Waals surface area (Å²) < 4.78 is 15.8. The van der Waals surface area contributed by atoms with Crippen molar-refractivity contribution in [2.45, 2.75) is 83.9 Å². The molecule has 8 atom stereocenters. The van der Waals surface area contributed by atoms with Crippen LogP contribution >= 0.6 is 0 Å². The molecule has 0 aromatic heterocycles. The number of methoxy groups -OCH3 is 1. The normalized spacial score (nSPS) is 34.6. The third kappa shape index (κ3) is 8.03. The second-order valence-electron chi connectivity index (χ2n) is 10.0. The second kappa shape index (κ2) is 13.2. The maximum absolute atomic E-state index is 12.0. The molecule has 2 aliphatic rings. The van der Waals surface area contributed by atoms with Gasteiger partial charge in [0.15, 0.2) is 0 Å². The van der Waals surface area contributed by atoms with Gasteiger partial charge in [0.2, 0.25) is 0 Å². The molecule has 192 valence electrons. The summed E-state index contributed by atoms with van der Waals surface area (Å²) in [4.78, 5) is 35.6. The van der Waals surface area contributed by atoms with Gasteiger partial charge in [-0.3, -0.25) is 0 Å². The van der Waals surface area contributed by atoms with Crippen molar-refractivity contribution in [3.8, 4) is 0 Å². The van der Waals surface area contributed by atoms with E-state index in [1.807, 2.05) is 0 Å². The van der Waals surface area contributed by atoms with Crippen molar-refractivity contribution < 1.29 is 38.8 Å². The fraction of sp³-hybridized carbons (Fsp3) is 0.731. The standard InChI is InChI=1S/C26H40O8/c1-15(2)33-23(28)8-6-17-10-19(14-27)25(30)20(11-17)21-12-18(13-22(32-5)26(21)31)7-9-24(29)34-16(3)4/h6-9,14-22,25-26,30-31H,10-13H2,1-5H3/b8-6+,9-7+. The molecule has 8 nitrogen and oxygen atoms in total. The zero-order valence-corrected chi connectivity index (χ0v) is 20.8. The number of aliphatic hydroxyl groups is 2. The molecule has 34 heavy (non-hydrogen) atoms. The quantitative estimate of drug-likeness (QED) is 0.294. The number of hydrogen-bond donors (Lipinski definition) is 2. The lowest BCUT2D eigenvalue weighted by Gasteiger charge is -2.46. The fourth-order valence-electron chi connectivity index (χ4n) is 5.21. The molecule has 0 bridgehead atoms. The van der Waals surface area contributed by atoms with Crippen LogP contribution < -0.4 is 0 Å². The molecule has 0 saturated heterocycles. The number of carbonyl (C=O) groups is 3. The van der Waals surface area contributed by atoms with Crippen LogP contribution in [0, 0.1) is 29.6 Å². The van der Waals surface area contributed by atoms with E-state index in [1.165, 1.54) is 19.3 Å². The summed E-state index contributed by atoms with van der Waals surface area (Å²) in [6.07, 6.45) is 6.42. The van der Waals surface area contributed by atoms with Gasteiger partial charge >= 0.3 is 11.9 Å². The summed E-state index contributed by atoms with van der Waals surface area (Å²) >= 11 is 0. The van der Waals surface area contributed by atoms with Gasteiger partial charge < -0.3 is 29.2 Å². The highest BCUT2D eigenvalue weighted by Crippen LogP contribution is 2.45. The first kappa shape index (κ1) is 28.2. The van der Waals surface area contributed by atoms with Gasteiger partial charge in [0.1, 0.15) is 6.29 Å². The minimum Gasteiger partial charge on any atom is -0.460 e. The average molecular weight is 481 g/mol. The van der Waals surface area contributed by atoms with Gasteiger partial charge in [0.25, 0.3) is 0 Å². The smallest absolute Gasteiger partial charge is 0.330 e. The molecular weight excluding hydrogens is 440 g/mol. The highest BCUT2D eigenvalue weighted by atomic mass is 16.5. The van der Waals surface area contributed by atoms with Crippen LogP contribution in [0.1, 0.15) is 53.4 Å². The molecule has 8 unspecified atom stereocenters. The number of aliphatic hydroxyl groups excluding tert-OH is 2. The summed E-state index contributed by atoms with van der Waals surface area (Å²) in [5.74, 6) is -2.36. The highest BCUT2D eigenvalue weighted by Gasteiger charge is 2.46. The maximum Gasteiger partial charge on any atom is 0.330 e. The van der Waals surface area contributed by atoms with Gasteiger partial charge in [0.05, 0.1) is 30.5 Å². The Morgan fingerprint density at radius 1 is 0.794 bits per heavy atom. The van der Waals surface area contributed by atoms with Crippen molar-refractivity contribution >= 4 is 18.2 Å². The molecule has 0 heterocycles. The van der Waals surface area contributed by atoms with E-state index >= 15 is 0 Å². The van der Waals surface area contributed by atoms with E-state index in [0.717, 1.165) is 6.29 Å². The molecule has 2 fully saturated rings. The molecule has 2 N–H and O–H groups in total. The first-order valence-corrected chi connectivity index (χ1v) is 12.2. The Kier molecular flexibility index (Phi) is 10.9. The predicted octanol–water partition coefficient (Wildman–Crippen LogP) is 2.61. The summed E-state index contributed by atoms with van der Waals surface area (Å²) in [5, 5.41) is 22.0. The molecule has 2 aliphatic carbocycles. The Hall–Kier alpha value is -2.03. The van der Waals surface area contributed by atoms with Gasteiger partial charge in [-0.2, -0.15) is 0 Å². The van der Waals surface area contributed by atoms with Crippen LogP contribution in [-0.2, 0) is 28.6 Å². The van der Waals surface area contributed by atoms with Crippen molar-refractivity contribution in [3.63, 3.8) is 0 Å². The second-order valence-corrected chi connectivity index (χ2v) is 10.0. The Bertz CT molecular complexity index is 743. The highest BCUT2D eigenvalue weighted by molar-refractivity contribution is 5.82. The molecule has 0 spiro atoms. The van der Waals surface area contributed by atoms with E-state index in [0.29, 0.717) is 25.7 Å². The molecular formula is C26H40O8. The van der Waals surface area contributed by atoms with Crippen molar-refractivity contribution in [1.29, 1.82) is 0 Å². The van der Waals surface area contributed by atoms with Gasteiger partial charge in [-0.05, 0) is 77.0 Å². The van der Waals surface area contributed by atoms with Gasteiger partial charge in [0, 0.05) is 25.2 Å². The fourth-order valence-corrected chi connectivity index (χ4v) is 5.21. The third-order valence-corrected chi connectivity index (χ3v) is 6.70. The Morgan fingerprint density at radius 2 is 1.26 bits per heavy atom. The van der Waals surface area contributed by atoms with Gasteiger partial charge in [-0.1, -0.05) is 12.2 Å². The summed E-state index contributed by atoms with van der Waals surface area (Å²) in [7, 11) is 1.53.